The number of pyridine rings is 1. The Labute approximate surface area is 105 Å². The number of carbonyl (C=O) groups is 1. The Morgan fingerprint density at radius 2 is 2.22 bits per heavy atom. The molecule has 1 heterocycles. The maximum atomic E-state index is 10.5. The van der Waals surface area contributed by atoms with E-state index in [-0.39, 0.29) is 12.5 Å². The predicted octanol–water partition coefficient (Wildman–Crippen LogP) is 1.97. The largest absolute Gasteiger partial charge is 0.481 e. The van der Waals surface area contributed by atoms with E-state index in [1.807, 2.05) is 24.3 Å². The first-order chi connectivity index (χ1) is 8.65. The normalized spacial score (nSPS) is 12.5. The van der Waals surface area contributed by atoms with Crippen molar-refractivity contribution in [3.8, 4) is 0 Å². The average Bonchev–Trinajstić information content (AvgIpc) is 2.36. The van der Waals surface area contributed by atoms with E-state index < -0.39 is 5.97 Å². The zero-order valence-corrected chi connectivity index (χ0v) is 10.0. The van der Waals surface area contributed by atoms with Gasteiger partial charge in [-0.2, -0.15) is 0 Å². The number of carboxylic acid groups (broad SMARTS) is 1. The molecule has 0 radical (unpaired) electrons. The van der Waals surface area contributed by atoms with Crippen LogP contribution in [0.2, 0.25) is 0 Å². The van der Waals surface area contributed by atoms with Gasteiger partial charge < -0.3 is 10.8 Å². The highest BCUT2D eigenvalue weighted by molar-refractivity contribution is 5.78. The topological polar surface area (TPSA) is 76.2 Å². The Morgan fingerprint density at radius 1 is 1.39 bits per heavy atom. The Balaban J connectivity index is 2.05. The third-order valence-electron chi connectivity index (χ3n) is 2.89. The smallest absolute Gasteiger partial charge is 0.303 e. The van der Waals surface area contributed by atoms with Crippen LogP contribution in [-0.4, -0.2) is 22.1 Å². The summed E-state index contributed by atoms with van der Waals surface area (Å²) in [4.78, 5) is 14.7. The van der Waals surface area contributed by atoms with E-state index in [9.17, 15) is 4.79 Å². The molecule has 1 aromatic carbocycles. The van der Waals surface area contributed by atoms with Gasteiger partial charge in [0.2, 0.25) is 0 Å². The minimum absolute atomic E-state index is 0.116. The monoisotopic (exact) mass is 244 g/mol. The number of rotatable bonds is 5. The zero-order valence-electron chi connectivity index (χ0n) is 10.0. The molecule has 0 fully saturated rings. The Bertz CT molecular complexity index is 554. The molecule has 1 aromatic heterocycles. The molecular formula is C14H16N2O2. The molecule has 4 heteroatoms. The summed E-state index contributed by atoms with van der Waals surface area (Å²) in [5.74, 6) is -0.798. The van der Waals surface area contributed by atoms with Gasteiger partial charge >= 0.3 is 5.97 Å². The fourth-order valence-electron chi connectivity index (χ4n) is 1.97. The van der Waals surface area contributed by atoms with Gasteiger partial charge in [-0.15, -0.1) is 0 Å². The molecule has 0 saturated carbocycles. The molecule has 0 amide bonds. The van der Waals surface area contributed by atoms with Crippen LogP contribution in [0, 0.1) is 0 Å². The second-order valence-electron chi connectivity index (χ2n) is 4.43. The van der Waals surface area contributed by atoms with Crippen LogP contribution in [0.4, 0.5) is 0 Å². The molecule has 0 bridgehead atoms. The van der Waals surface area contributed by atoms with Crippen molar-refractivity contribution in [2.45, 2.75) is 25.3 Å². The van der Waals surface area contributed by atoms with Crippen LogP contribution in [0.5, 0.6) is 0 Å². The number of benzene rings is 1. The Kier molecular flexibility index (Phi) is 3.89. The van der Waals surface area contributed by atoms with Gasteiger partial charge in [0.05, 0.1) is 5.52 Å². The molecule has 1 unspecified atom stereocenters. The van der Waals surface area contributed by atoms with Crippen molar-refractivity contribution in [3.63, 3.8) is 0 Å². The summed E-state index contributed by atoms with van der Waals surface area (Å²) in [6, 6.07) is 9.81. The number of fused-ring (bicyclic) bond motifs is 1. The van der Waals surface area contributed by atoms with Crippen LogP contribution in [0.25, 0.3) is 10.9 Å². The van der Waals surface area contributed by atoms with E-state index in [2.05, 4.69) is 11.1 Å². The van der Waals surface area contributed by atoms with Gasteiger partial charge in [-0.05, 0) is 36.6 Å². The molecule has 4 nitrogen and oxygen atoms in total. The second-order valence-corrected chi connectivity index (χ2v) is 4.43. The molecule has 94 valence electrons. The number of nitrogens with two attached hydrogens (primary N) is 1. The molecule has 0 saturated heterocycles. The molecule has 0 aliphatic heterocycles. The van der Waals surface area contributed by atoms with E-state index in [4.69, 9.17) is 10.8 Å². The summed E-state index contributed by atoms with van der Waals surface area (Å²) in [5, 5.41) is 9.69. The first-order valence-corrected chi connectivity index (χ1v) is 5.96. The number of hydrogen-bond acceptors (Lipinski definition) is 3. The first kappa shape index (κ1) is 12.5. The number of aliphatic carboxylic acids is 1. The van der Waals surface area contributed by atoms with Gasteiger partial charge in [-0.25, -0.2) is 0 Å². The van der Waals surface area contributed by atoms with Crippen LogP contribution in [0.3, 0.4) is 0 Å². The minimum atomic E-state index is -0.798. The lowest BCUT2D eigenvalue weighted by molar-refractivity contribution is -0.137. The van der Waals surface area contributed by atoms with E-state index in [0.717, 1.165) is 16.5 Å². The molecule has 2 aromatic rings. The maximum absolute atomic E-state index is 10.5. The molecule has 3 N–H and O–H groups in total. The number of hydrogen-bond donors (Lipinski definition) is 2. The van der Waals surface area contributed by atoms with Crippen molar-refractivity contribution < 1.29 is 9.90 Å². The van der Waals surface area contributed by atoms with E-state index >= 15 is 0 Å². The second kappa shape index (κ2) is 5.60. The lowest BCUT2D eigenvalue weighted by atomic mass is 10.0. The minimum Gasteiger partial charge on any atom is -0.481 e. The van der Waals surface area contributed by atoms with Crippen LogP contribution in [0.1, 0.15) is 18.4 Å². The summed E-state index contributed by atoms with van der Waals surface area (Å²) in [6.07, 6.45) is 3.08. The molecule has 18 heavy (non-hydrogen) atoms. The predicted molar refractivity (Wildman–Crippen MR) is 70.3 cm³/mol. The SMILES string of the molecule is NC(CCC(=O)O)Cc1ccc2ncccc2c1. The first-order valence-electron chi connectivity index (χ1n) is 5.96. The zero-order chi connectivity index (χ0) is 13.0. The number of carboxylic acids is 1. The third-order valence-corrected chi connectivity index (χ3v) is 2.89. The van der Waals surface area contributed by atoms with Gasteiger partial charge in [-0.3, -0.25) is 9.78 Å². The van der Waals surface area contributed by atoms with Crippen LogP contribution < -0.4 is 5.73 Å². The van der Waals surface area contributed by atoms with Crippen molar-refractivity contribution >= 4 is 16.9 Å². The quantitative estimate of drug-likeness (QED) is 0.843. The van der Waals surface area contributed by atoms with Gasteiger partial charge in [0, 0.05) is 24.0 Å². The summed E-state index contributed by atoms with van der Waals surface area (Å²) in [7, 11) is 0. The molecule has 0 spiro atoms. The van der Waals surface area contributed by atoms with Crippen LogP contribution in [-0.2, 0) is 11.2 Å². The summed E-state index contributed by atoms with van der Waals surface area (Å²) < 4.78 is 0. The van der Waals surface area contributed by atoms with Crippen molar-refractivity contribution in [1.82, 2.24) is 4.98 Å². The van der Waals surface area contributed by atoms with Crippen molar-refractivity contribution in [3.05, 3.63) is 42.1 Å². The van der Waals surface area contributed by atoms with Crippen LogP contribution in [0.15, 0.2) is 36.5 Å². The van der Waals surface area contributed by atoms with Gasteiger partial charge in [0.25, 0.3) is 0 Å². The van der Waals surface area contributed by atoms with Crippen LogP contribution >= 0.6 is 0 Å². The standard InChI is InChI=1S/C14H16N2O2/c15-12(4-6-14(17)18)9-10-3-5-13-11(8-10)2-1-7-16-13/h1-3,5,7-8,12H,4,6,9,15H2,(H,17,18). The van der Waals surface area contributed by atoms with Gasteiger partial charge in [-0.1, -0.05) is 12.1 Å². The fourth-order valence-corrected chi connectivity index (χ4v) is 1.97. The molecule has 2 rings (SSSR count). The summed E-state index contributed by atoms with van der Waals surface area (Å²) >= 11 is 0. The highest BCUT2D eigenvalue weighted by atomic mass is 16.4. The summed E-state index contributed by atoms with van der Waals surface area (Å²) in [5.41, 5.74) is 8.00. The number of nitrogens with zero attached hydrogens (tertiary/aromatic N) is 1. The number of aromatic nitrogens is 1. The fraction of sp³-hybridized carbons (Fsp3) is 0.286. The third kappa shape index (κ3) is 3.28. The molecule has 1 atom stereocenters. The lowest BCUT2D eigenvalue weighted by Gasteiger charge is -2.10. The van der Waals surface area contributed by atoms with Gasteiger partial charge in [0.1, 0.15) is 0 Å². The molecule has 0 aliphatic carbocycles. The molecular weight excluding hydrogens is 228 g/mol. The highest BCUT2D eigenvalue weighted by Gasteiger charge is 2.07. The van der Waals surface area contributed by atoms with E-state index in [1.165, 1.54) is 0 Å². The summed E-state index contributed by atoms with van der Waals surface area (Å²) in [6.45, 7) is 0. The van der Waals surface area contributed by atoms with E-state index in [0.29, 0.717) is 12.8 Å². The maximum Gasteiger partial charge on any atom is 0.303 e. The van der Waals surface area contributed by atoms with Gasteiger partial charge in [0.15, 0.2) is 0 Å². The molecule has 0 aliphatic rings. The van der Waals surface area contributed by atoms with E-state index in [1.54, 1.807) is 6.20 Å². The Morgan fingerprint density at radius 3 is 3.00 bits per heavy atom. The highest BCUT2D eigenvalue weighted by Crippen LogP contribution is 2.15. The lowest BCUT2D eigenvalue weighted by Crippen LogP contribution is -2.23. The Hall–Kier alpha value is -1.94. The van der Waals surface area contributed by atoms with Crippen molar-refractivity contribution in [1.29, 1.82) is 0 Å². The average molecular weight is 244 g/mol. The van der Waals surface area contributed by atoms with Crippen molar-refractivity contribution in [2.75, 3.05) is 0 Å². The van der Waals surface area contributed by atoms with Crippen molar-refractivity contribution in [2.24, 2.45) is 5.73 Å².